The number of amides is 2. The number of carbonyl (C=O) groups excluding carboxylic acids is 2. The van der Waals surface area contributed by atoms with Gasteiger partial charge in [-0.05, 0) is 132 Å². The summed E-state index contributed by atoms with van der Waals surface area (Å²) in [6.07, 6.45) is 9.06. The van der Waals surface area contributed by atoms with E-state index in [0.717, 1.165) is 103 Å². The lowest BCUT2D eigenvalue weighted by molar-refractivity contribution is -0.129. The van der Waals surface area contributed by atoms with Gasteiger partial charge in [0, 0.05) is 99.1 Å². The summed E-state index contributed by atoms with van der Waals surface area (Å²) in [5.41, 5.74) is 8.62. The van der Waals surface area contributed by atoms with Gasteiger partial charge < -0.3 is 43.8 Å². The van der Waals surface area contributed by atoms with Crippen LogP contribution in [0, 0.1) is 35.4 Å². The van der Waals surface area contributed by atoms with Gasteiger partial charge in [0.15, 0.2) is 0 Å². The molecule has 4 saturated heterocycles. The lowest BCUT2D eigenvalue weighted by Gasteiger charge is -2.41. The van der Waals surface area contributed by atoms with Gasteiger partial charge in [0.1, 0.15) is 30.7 Å². The van der Waals surface area contributed by atoms with Crippen LogP contribution in [0.25, 0.3) is 0 Å². The van der Waals surface area contributed by atoms with Crippen LogP contribution in [0.15, 0.2) is 61.7 Å². The zero-order valence-corrected chi connectivity index (χ0v) is 48.0. The molecule has 0 N–H and O–H groups in total. The van der Waals surface area contributed by atoms with E-state index < -0.39 is 0 Å². The highest BCUT2D eigenvalue weighted by molar-refractivity contribution is 5.88. The first kappa shape index (κ1) is 56.9. The number of benzene rings is 2. The molecule has 0 bridgehead atoms. The maximum absolute atomic E-state index is 16.5. The number of aromatic nitrogens is 4. The zero-order valence-electron chi connectivity index (χ0n) is 48.0. The quantitative estimate of drug-likeness (QED) is 0.102. The van der Waals surface area contributed by atoms with Crippen LogP contribution in [0.2, 0.25) is 0 Å². The Morgan fingerprint density at radius 1 is 0.704 bits per heavy atom. The number of likely N-dealkylation sites (N-methyl/N-ethyl adjacent to an activating group) is 2. The molecule has 19 heteroatoms. The zero-order chi connectivity index (χ0) is 56.9. The lowest BCUT2D eigenvalue weighted by Crippen LogP contribution is -2.55. The maximum Gasteiger partial charge on any atom is 0.318 e. The third kappa shape index (κ3) is 12.5. The number of halogens is 1. The summed E-state index contributed by atoms with van der Waals surface area (Å²) in [6, 6.07) is 17.4. The van der Waals surface area contributed by atoms with Crippen molar-refractivity contribution >= 4 is 34.8 Å². The number of nitrogens with zero attached hydrogens (tertiary/aromatic N) is 14. The molecule has 18 nitrogen and oxygen atoms in total. The Hall–Kier alpha value is -7.35. The van der Waals surface area contributed by atoms with E-state index in [2.05, 4.69) is 113 Å². The van der Waals surface area contributed by atoms with Crippen LogP contribution in [0.4, 0.5) is 27.4 Å². The minimum atomic E-state index is -0.327. The first-order chi connectivity index (χ1) is 39.2. The summed E-state index contributed by atoms with van der Waals surface area (Å²) < 4.78 is 29.7. The monoisotopic (exact) mass is 1100 g/mol. The van der Waals surface area contributed by atoms with Crippen molar-refractivity contribution in [1.82, 2.24) is 39.5 Å². The molecule has 0 aliphatic carbocycles. The number of hydrogen-bond donors (Lipinski definition) is 0. The SMILES string of the molecule is C=CC(=O)N1CCN(c2nc(OC[C@@H]3CC(c4cc(F)c(C)c(N5CCCc6c(nc(OC[C@@H]7CCCN7C)nc6N6CCN(C(=O)C=C)[C@@H](CC#N)C6)C5)c4)CN3C)nc3c2CCCN(c2cccc(C(C)C)c2)C3)C[C@@H]1CC#N. The Labute approximate surface area is 477 Å². The maximum atomic E-state index is 16.5. The number of hydrogen-bond acceptors (Lipinski definition) is 16. The van der Waals surface area contributed by atoms with Gasteiger partial charge in [0.25, 0.3) is 0 Å². The molecule has 2 aromatic carbocycles. The number of fused-ring (bicyclic) bond motifs is 2. The van der Waals surface area contributed by atoms with Crippen molar-refractivity contribution in [2.24, 2.45) is 0 Å². The van der Waals surface area contributed by atoms with Crippen LogP contribution in [0.3, 0.4) is 0 Å². The fourth-order valence-corrected chi connectivity index (χ4v) is 13.1. The lowest BCUT2D eigenvalue weighted by atomic mass is 9.94. The molecule has 2 aromatic heterocycles. The number of piperazine rings is 2. The topological polar surface area (TPSA) is 178 Å². The van der Waals surface area contributed by atoms with Gasteiger partial charge in [0.2, 0.25) is 11.8 Å². The molecular formula is C62H79FN14O4. The van der Waals surface area contributed by atoms with E-state index in [1.165, 1.54) is 17.7 Å². The first-order valence-corrected chi connectivity index (χ1v) is 29.2. The summed E-state index contributed by atoms with van der Waals surface area (Å²) in [5.74, 6) is 1.37. The Bertz CT molecular complexity index is 3070. The largest absolute Gasteiger partial charge is 0.462 e. The Balaban J connectivity index is 0.895. The summed E-state index contributed by atoms with van der Waals surface area (Å²) >= 11 is 0. The molecule has 1 unspecified atom stereocenters. The van der Waals surface area contributed by atoms with E-state index in [1.807, 2.05) is 6.92 Å². The van der Waals surface area contributed by atoms with Crippen LogP contribution in [0.5, 0.6) is 12.0 Å². The molecule has 4 fully saturated rings. The minimum Gasteiger partial charge on any atom is -0.462 e. The highest BCUT2D eigenvalue weighted by Gasteiger charge is 2.37. The molecule has 0 radical (unpaired) electrons. The van der Waals surface area contributed by atoms with Gasteiger partial charge >= 0.3 is 12.0 Å². The number of anilines is 4. The van der Waals surface area contributed by atoms with E-state index in [4.69, 9.17) is 29.4 Å². The van der Waals surface area contributed by atoms with E-state index in [-0.39, 0.29) is 60.6 Å². The van der Waals surface area contributed by atoms with E-state index in [0.29, 0.717) is 109 Å². The Morgan fingerprint density at radius 3 is 1.84 bits per heavy atom. The van der Waals surface area contributed by atoms with Crippen LogP contribution < -0.4 is 29.1 Å². The minimum absolute atomic E-state index is 0.00967. The Morgan fingerprint density at radius 2 is 1.28 bits per heavy atom. The van der Waals surface area contributed by atoms with Crippen molar-refractivity contribution in [2.75, 3.05) is 112 Å². The van der Waals surface area contributed by atoms with Crippen LogP contribution in [0.1, 0.15) is 110 Å². The molecule has 6 aliphatic rings. The Kier molecular flexibility index (Phi) is 17.7. The average molecular weight is 1100 g/mol. The van der Waals surface area contributed by atoms with Gasteiger partial charge in [-0.3, -0.25) is 14.5 Å². The molecule has 428 valence electrons. The first-order valence-electron chi connectivity index (χ1n) is 29.2. The number of nitriles is 2. The summed E-state index contributed by atoms with van der Waals surface area (Å²) in [4.78, 5) is 63.5. The molecule has 81 heavy (non-hydrogen) atoms. The van der Waals surface area contributed by atoms with Crippen molar-refractivity contribution in [1.29, 1.82) is 10.5 Å². The average Bonchev–Trinajstić information content (AvgIpc) is 3.90. The molecular weight excluding hydrogens is 1020 g/mol. The van der Waals surface area contributed by atoms with Gasteiger partial charge in [-0.2, -0.15) is 30.5 Å². The van der Waals surface area contributed by atoms with E-state index in [9.17, 15) is 20.1 Å². The van der Waals surface area contributed by atoms with Gasteiger partial charge in [-0.1, -0.05) is 39.1 Å². The highest BCUT2D eigenvalue weighted by Crippen LogP contribution is 2.39. The number of likely N-dealkylation sites (tertiary alicyclic amines) is 2. The van der Waals surface area contributed by atoms with Crippen molar-refractivity contribution in [2.45, 2.75) is 128 Å². The van der Waals surface area contributed by atoms with Crippen molar-refractivity contribution in [3.05, 3.63) is 107 Å². The molecule has 10 rings (SSSR count). The molecule has 0 spiro atoms. The molecule has 2 amide bonds. The number of rotatable bonds is 16. The molecule has 4 aromatic rings. The van der Waals surface area contributed by atoms with Crippen molar-refractivity contribution in [3.63, 3.8) is 0 Å². The standard InChI is InChI=1S/C62H79FN14O4/c1-8-57(78)76-28-26-74(35-47(76)19-21-64)59-51-17-12-24-72(46-15-10-14-43(30-46)41(3)4)37-54(51)66-62(69-59)81-40-50-31-45(34-71(50)7)44-32-53(63)42(5)56(33-44)73-25-13-18-52-55(38-73)67-61(80-39-49-16-11-23-70(49)6)68-60(52)75-27-29-77(58(79)9-2)48(36-75)20-22-65/h8-10,14-15,30,32-33,41,45,47-50H,1-2,11-13,16-20,23-29,31,34-40H2,3-7H3/t45?,47-,48-,49-,50-/m0/s1. The van der Waals surface area contributed by atoms with Gasteiger partial charge in [-0.15, -0.1) is 0 Å². The predicted octanol–water partition coefficient (Wildman–Crippen LogP) is 7.32. The molecule has 0 saturated carbocycles. The second-order valence-electron chi connectivity index (χ2n) is 23.3. The molecule has 5 atom stereocenters. The fourth-order valence-electron chi connectivity index (χ4n) is 13.1. The highest BCUT2D eigenvalue weighted by atomic mass is 19.1. The number of ether oxygens (including phenoxy) is 2. The van der Waals surface area contributed by atoms with Crippen LogP contribution in [-0.4, -0.2) is 168 Å². The van der Waals surface area contributed by atoms with Gasteiger partial charge in [-0.25, -0.2) is 4.39 Å². The third-order valence-electron chi connectivity index (χ3n) is 17.8. The third-order valence-corrected chi connectivity index (χ3v) is 17.8. The van der Waals surface area contributed by atoms with E-state index >= 15 is 4.39 Å². The van der Waals surface area contributed by atoms with Crippen LogP contribution >= 0.6 is 0 Å². The summed E-state index contributed by atoms with van der Waals surface area (Å²) in [7, 11) is 4.21. The van der Waals surface area contributed by atoms with Crippen LogP contribution in [-0.2, 0) is 35.5 Å². The molecule has 8 heterocycles. The predicted molar refractivity (Wildman–Crippen MR) is 311 cm³/mol. The summed E-state index contributed by atoms with van der Waals surface area (Å²) in [6.45, 7) is 21.6. The summed E-state index contributed by atoms with van der Waals surface area (Å²) in [5, 5.41) is 19.7. The smallest absolute Gasteiger partial charge is 0.318 e. The number of carbonyl (C=O) groups is 2. The molecule has 6 aliphatic heterocycles. The second kappa shape index (κ2) is 25.2. The fraction of sp³-hybridized carbons (Fsp3) is 0.548. The normalized spacial score (nSPS) is 22.6. The van der Waals surface area contributed by atoms with Gasteiger partial charge in [0.05, 0.1) is 61.5 Å². The van der Waals surface area contributed by atoms with E-state index in [1.54, 1.807) is 15.9 Å². The van der Waals surface area contributed by atoms with Crippen molar-refractivity contribution in [3.8, 4) is 24.2 Å². The second-order valence-corrected chi connectivity index (χ2v) is 23.3. The van der Waals surface area contributed by atoms with Crippen molar-refractivity contribution < 1.29 is 23.5 Å².